The lowest BCUT2D eigenvalue weighted by atomic mass is 10.2. The van der Waals surface area contributed by atoms with Crippen LogP contribution >= 0.6 is 37.6 Å². The van der Waals surface area contributed by atoms with Crippen LogP contribution in [0.2, 0.25) is 0 Å². The summed E-state index contributed by atoms with van der Waals surface area (Å²) >= 11 is 4.33. The first-order chi connectivity index (χ1) is 12.0. The number of rotatable bonds is 7. The van der Waals surface area contributed by atoms with Crippen LogP contribution in [0.3, 0.4) is 0 Å². The molecule has 1 aromatic heterocycles. The maximum absolute atomic E-state index is 11.7. The lowest BCUT2D eigenvalue weighted by Crippen LogP contribution is -2.32. The Labute approximate surface area is 163 Å². The fraction of sp³-hybridized carbons (Fsp3) is 0.429. The first-order valence-electron chi connectivity index (χ1n) is 7.31. The van der Waals surface area contributed by atoms with Gasteiger partial charge in [-0.2, -0.15) is 0 Å². The lowest BCUT2D eigenvalue weighted by Gasteiger charge is -2.13. The molecule has 6 nitrogen and oxygen atoms in total. The molecule has 0 N–H and O–H groups in total. The molecule has 0 spiro atoms. The molecule has 1 saturated heterocycles. The summed E-state index contributed by atoms with van der Waals surface area (Å²) in [7, 11) is 6.45. The molecule has 0 radical (unpaired) electrons. The van der Waals surface area contributed by atoms with E-state index in [-0.39, 0.29) is 24.5 Å². The van der Waals surface area contributed by atoms with E-state index in [0.29, 0.717) is 11.5 Å². The Balaban J connectivity index is 0.000000970. The van der Waals surface area contributed by atoms with E-state index >= 15 is 0 Å². The van der Waals surface area contributed by atoms with Gasteiger partial charge in [-0.15, -0.1) is 5.06 Å². The fourth-order valence-electron chi connectivity index (χ4n) is 1.70. The van der Waals surface area contributed by atoms with Crippen molar-refractivity contribution in [2.24, 2.45) is 0 Å². The minimum absolute atomic E-state index is 0.110. The summed E-state index contributed by atoms with van der Waals surface area (Å²) in [5.41, 5.74) is 0. The smallest absolute Gasteiger partial charge is 0.330 e. The summed E-state index contributed by atoms with van der Waals surface area (Å²) in [5.74, 6) is -1.46. The molecule has 136 valence electrons. The largest absolute Gasteiger partial charge is 0.333 e. The predicted octanol–water partition coefficient (Wildman–Crippen LogP) is 3.78. The van der Waals surface area contributed by atoms with Crippen LogP contribution in [0.25, 0.3) is 0 Å². The number of hydrogen-bond donors (Lipinski definition) is 0. The van der Waals surface area contributed by atoms with Crippen LogP contribution in [0.1, 0.15) is 32.6 Å². The van der Waals surface area contributed by atoms with Gasteiger partial charge in [0.1, 0.15) is 5.03 Å². The highest BCUT2D eigenvalue weighted by atomic mass is 33.1. The minimum Gasteiger partial charge on any atom is -0.330 e. The molecule has 0 saturated carbocycles. The molecule has 25 heavy (non-hydrogen) atoms. The average Bonchev–Trinajstić information content (AvgIpc) is 2.92. The molecule has 2 atom stereocenters. The Kier molecular flexibility index (Phi) is 11.4. The zero-order chi connectivity index (χ0) is 18.7. The number of imide groups is 1. The monoisotopic (exact) mass is 436 g/mol. The van der Waals surface area contributed by atoms with Gasteiger partial charge in [0.05, 0.1) is 0 Å². The van der Waals surface area contributed by atoms with Gasteiger partial charge < -0.3 is 4.84 Å². The van der Waals surface area contributed by atoms with Gasteiger partial charge in [-0.25, -0.2) is 9.78 Å². The van der Waals surface area contributed by atoms with Gasteiger partial charge in [0.25, 0.3) is 11.8 Å². The molecular formula is C14H18N2O4P2S3. The van der Waals surface area contributed by atoms with E-state index in [9.17, 15) is 14.4 Å². The van der Waals surface area contributed by atoms with Gasteiger partial charge in [0.15, 0.2) is 0 Å². The second kappa shape index (κ2) is 12.7. The minimum atomic E-state index is -0.557. The van der Waals surface area contributed by atoms with E-state index in [1.165, 1.54) is 0 Å². The molecule has 2 amide bonds. The molecule has 0 aliphatic carbocycles. The molecule has 1 aromatic rings. The van der Waals surface area contributed by atoms with Gasteiger partial charge in [-0.3, -0.25) is 9.59 Å². The second-order valence-corrected chi connectivity index (χ2v) is 10.2. The standard InChI is InChI=1S/C14H16N2O4S2.H2P2S/c1-10(21-22-11-4-2-3-9-15-11)5-8-14(19)20-16-12(17)6-7-13(16)18;1-2-3/h2-4,9-10H,5-8H2,1H3;1H2. The second-order valence-electron chi connectivity index (χ2n) is 4.85. The molecule has 0 aromatic carbocycles. The van der Waals surface area contributed by atoms with Crippen molar-refractivity contribution >= 4 is 67.2 Å². The molecule has 1 aliphatic heterocycles. The van der Waals surface area contributed by atoms with Crippen LogP contribution < -0.4 is 0 Å². The maximum Gasteiger partial charge on any atom is 0.333 e. The van der Waals surface area contributed by atoms with Crippen LogP contribution in [-0.4, -0.2) is 33.1 Å². The van der Waals surface area contributed by atoms with E-state index in [4.69, 9.17) is 4.84 Å². The third kappa shape index (κ3) is 9.06. The van der Waals surface area contributed by atoms with Gasteiger partial charge >= 0.3 is 5.97 Å². The first-order valence-corrected chi connectivity index (χ1v) is 13.0. The third-order valence-corrected chi connectivity index (χ3v) is 5.75. The highest BCUT2D eigenvalue weighted by molar-refractivity contribution is 8.76. The highest BCUT2D eigenvalue weighted by Crippen LogP contribution is 2.34. The number of hydrogen-bond acceptors (Lipinski definition) is 8. The summed E-state index contributed by atoms with van der Waals surface area (Å²) in [4.78, 5) is 43.4. The number of pyridine rings is 1. The number of aromatic nitrogens is 1. The Hall–Kier alpha value is -0.590. The number of carbonyl (C=O) groups excluding carboxylic acids is 3. The van der Waals surface area contributed by atoms with Crippen LogP contribution in [0, 0.1) is 0 Å². The van der Waals surface area contributed by atoms with Crippen LogP contribution in [-0.2, 0) is 31.0 Å². The SMILES string of the molecule is CC(CCC(=O)ON1C(=O)CCC1=O)SSc1ccccn1.PP=S. The molecule has 2 heterocycles. The summed E-state index contributed by atoms with van der Waals surface area (Å²) in [6.45, 7) is 2.00. The zero-order valence-electron chi connectivity index (χ0n) is 13.5. The summed E-state index contributed by atoms with van der Waals surface area (Å²) in [6.07, 6.45) is 2.71. The Morgan fingerprint density at radius 1 is 1.44 bits per heavy atom. The van der Waals surface area contributed by atoms with E-state index in [1.54, 1.807) is 27.8 Å². The van der Waals surface area contributed by atoms with Crippen LogP contribution in [0.4, 0.5) is 0 Å². The third-order valence-electron chi connectivity index (χ3n) is 2.89. The van der Waals surface area contributed by atoms with Crippen molar-refractivity contribution in [3.63, 3.8) is 0 Å². The fourth-order valence-corrected chi connectivity index (χ4v) is 3.79. The highest BCUT2D eigenvalue weighted by Gasteiger charge is 2.32. The van der Waals surface area contributed by atoms with E-state index < -0.39 is 17.8 Å². The Bertz CT molecular complexity index is 591. The quantitative estimate of drug-likeness (QED) is 0.363. The van der Waals surface area contributed by atoms with Crippen molar-refractivity contribution < 1.29 is 19.2 Å². The topological polar surface area (TPSA) is 76.6 Å². The Morgan fingerprint density at radius 2 is 2.08 bits per heavy atom. The molecule has 2 rings (SSSR count). The molecule has 1 aliphatic rings. The first kappa shape index (κ1) is 22.5. The number of nitrogens with zero attached hydrogens (tertiary/aromatic N) is 2. The van der Waals surface area contributed by atoms with Gasteiger partial charge in [-0.05, 0) is 36.4 Å². The number of amides is 2. The molecular weight excluding hydrogens is 418 g/mol. The van der Waals surface area contributed by atoms with Crippen LogP contribution in [0.15, 0.2) is 29.4 Å². The lowest BCUT2D eigenvalue weighted by molar-refractivity contribution is -0.197. The van der Waals surface area contributed by atoms with Gasteiger partial charge in [0, 0.05) is 30.7 Å². The van der Waals surface area contributed by atoms with E-state index in [0.717, 1.165) is 12.1 Å². The summed E-state index contributed by atoms with van der Waals surface area (Å²) in [5, 5.41) is 1.71. The molecule has 1 fully saturated rings. The average molecular weight is 436 g/mol. The number of carbonyl (C=O) groups is 3. The molecule has 2 unspecified atom stereocenters. The predicted molar refractivity (Wildman–Crippen MR) is 108 cm³/mol. The maximum atomic E-state index is 11.7. The molecule has 11 heteroatoms. The van der Waals surface area contributed by atoms with Crippen molar-refractivity contribution in [3.05, 3.63) is 24.4 Å². The Morgan fingerprint density at radius 3 is 2.64 bits per heavy atom. The van der Waals surface area contributed by atoms with Crippen molar-refractivity contribution in [2.75, 3.05) is 0 Å². The number of hydroxylamine groups is 2. The van der Waals surface area contributed by atoms with Crippen molar-refractivity contribution in [3.8, 4) is 0 Å². The van der Waals surface area contributed by atoms with Gasteiger partial charge in [-0.1, -0.05) is 44.5 Å². The van der Waals surface area contributed by atoms with Gasteiger partial charge in [0.2, 0.25) is 0 Å². The normalized spacial score (nSPS) is 14.9. The van der Waals surface area contributed by atoms with E-state index in [2.05, 4.69) is 25.7 Å². The van der Waals surface area contributed by atoms with Crippen molar-refractivity contribution in [2.45, 2.75) is 42.9 Å². The summed E-state index contributed by atoms with van der Waals surface area (Å²) in [6, 6.07) is 5.69. The zero-order valence-corrected chi connectivity index (χ0v) is 18.0. The summed E-state index contributed by atoms with van der Waals surface area (Å²) < 4.78 is 0. The van der Waals surface area contributed by atoms with Crippen LogP contribution in [0.5, 0.6) is 0 Å². The van der Waals surface area contributed by atoms with E-state index in [1.807, 2.05) is 25.1 Å². The van der Waals surface area contributed by atoms with Crippen molar-refractivity contribution in [1.29, 1.82) is 0 Å². The molecule has 0 bridgehead atoms. The van der Waals surface area contributed by atoms with Crippen molar-refractivity contribution in [1.82, 2.24) is 10.0 Å².